The molecule has 1 aliphatic rings. The number of hydrogen-bond donors (Lipinski definition) is 0. The summed E-state index contributed by atoms with van der Waals surface area (Å²) >= 11 is 0. The monoisotopic (exact) mass is 135 g/mol. The van der Waals surface area contributed by atoms with Gasteiger partial charge in [0.25, 0.3) is 0 Å². The van der Waals surface area contributed by atoms with Gasteiger partial charge in [-0.2, -0.15) is 0 Å². The highest BCUT2D eigenvalue weighted by Crippen LogP contribution is 2.19. The van der Waals surface area contributed by atoms with Crippen molar-refractivity contribution < 1.29 is 0 Å². The number of rotatable bonds is 2. The minimum absolute atomic E-state index is 0.481. The molecule has 0 N–H and O–H groups in total. The summed E-state index contributed by atoms with van der Waals surface area (Å²) in [7, 11) is 1.82. The Kier molecular flexibility index (Phi) is 2.43. The highest BCUT2D eigenvalue weighted by atomic mass is 14.6. The number of aliphatic imine (C=N–C) groups is 1. The minimum atomic E-state index is 0.481. The molecule has 0 spiro atoms. The number of allylic oxidation sites excluding steroid dienone is 4. The second kappa shape index (κ2) is 3.35. The van der Waals surface area contributed by atoms with Crippen molar-refractivity contribution in [3.05, 3.63) is 23.8 Å². The van der Waals surface area contributed by atoms with Crippen LogP contribution >= 0.6 is 0 Å². The van der Waals surface area contributed by atoms with E-state index in [1.165, 1.54) is 5.57 Å². The SMILES string of the molecule is CCC1=CC=CC1C=NC. The first-order valence-corrected chi connectivity index (χ1v) is 3.68. The van der Waals surface area contributed by atoms with Crippen molar-refractivity contribution >= 4 is 6.21 Å². The molecule has 0 bridgehead atoms. The summed E-state index contributed by atoms with van der Waals surface area (Å²) in [6.07, 6.45) is 9.56. The van der Waals surface area contributed by atoms with E-state index >= 15 is 0 Å². The highest BCUT2D eigenvalue weighted by molar-refractivity contribution is 5.69. The van der Waals surface area contributed by atoms with Gasteiger partial charge in [-0.15, -0.1) is 0 Å². The van der Waals surface area contributed by atoms with Gasteiger partial charge in [-0.1, -0.05) is 30.7 Å². The van der Waals surface area contributed by atoms with Crippen LogP contribution in [0.3, 0.4) is 0 Å². The van der Waals surface area contributed by atoms with Crippen molar-refractivity contribution in [2.24, 2.45) is 10.9 Å². The maximum Gasteiger partial charge on any atom is 0.0333 e. The van der Waals surface area contributed by atoms with Gasteiger partial charge in [-0.3, -0.25) is 4.99 Å². The summed E-state index contributed by atoms with van der Waals surface area (Å²) in [5.74, 6) is 0.481. The summed E-state index contributed by atoms with van der Waals surface area (Å²) in [6.45, 7) is 2.18. The lowest BCUT2D eigenvalue weighted by Crippen LogP contribution is -1.97. The first kappa shape index (κ1) is 7.26. The molecule has 0 aliphatic heterocycles. The maximum absolute atomic E-state index is 4.00. The summed E-state index contributed by atoms with van der Waals surface area (Å²) in [5, 5.41) is 0. The molecule has 0 fully saturated rings. The van der Waals surface area contributed by atoms with E-state index in [0.29, 0.717) is 5.92 Å². The molecular formula is C9H13N. The molecule has 1 aliphatic carbocycles. The Morgan fingerprint density at radius 3 is 3.10 bits per heavy atom. The van der Waals surface area contributed by atoms with Crippen molar-refractivity contribution in [2.45, 2.75) is 13.3 Å². The van der Waals surface area contributed by atoms with Gasteiger partial charge in [-0.25, -0.2) is 0 Å². The molecule has 0 amide bonds. The summed E-state index contributed by atoms with van der Waals surface area (Å²) in [5.41, 5.74) is 1.46. The number of hydrogen-bond acceptors (Lipinski definition) is 1. The van der Waals surface area contributed by atoms with Crippen LogP contribution in [0.1, 0.15) is 13.3 Å². The normalized spacial score (nSPS) is 24.2. The Labute approximate surface area is 62.2 Å². The van der Waals surface area contributed by atoms with E-state index < -0.39 is 0 Å². The Bertz CT molecular complexity index is 187. The fraction of sp³-hybridized carbons (Fsp3) is 0.444. The lowest BCUT2D eigenvalue weighted by atomic mass is 10.0. The molecule has 0 aromatic heterocycles. The van der Waals surface area contributed by atoms with Gasteiger partial charge >= 0.3 is 0 Å². The van der Waals surface area contributed by atoms with Crippen LogP contribution in [-0.4, -0.2) is 13.3 Å². The average Bonchev–Trinajstić information content (AvgIpc) is 2.36. The van der Waals surface area contributed by atoms with Gasteiger partial charge in [0, 0.05) is 19.2 Å². The Balaban J connectivity index is 2.62. The largest absolute Gasteiger partial charge is 0.300 e. The molecule has 0 aromatic rings. The Morgan fingerprint density at radius 2 is 2.50 bits per heavy atom. The van der Waals surface area contributed by atoms with Gasteiger partial charge in [0.2, 0.25) is 0 Å². The Hall–Kier alpha value is -0.850. The predicted molar refractivity (Wildman–Crippen MR) is 45.4 cm³/mol. The van der Waals surface area contributed by atoms with Gasteiger partial charge in [0.1, 0.15) is 0 Å². The van der Waals surface area contributed by atoms with Crippen LogP contribution in [0.15, 0.2) is 28.8 Å². The standard InChI is InChI=1S/C9H13N/c1-3-8-5-4-6-9(8)7-10-2/h4-7,9H,3H2,1-2H3. The van der Waals surface area contributed by atoms with Crippen LogP contribution < -0.4 is 0 Å². The van der Waals surface area contributed by atoms with E-state index in [2.05, 4.69) is 30.1 Å². The first-order valence-electron chi connectivity index (χ1n) is 3.68. The summed E-state index contributed by atoms with van der Waals surface area (Å²) in [6, 6.07) is 0. The first-order chi connectivity index (χ1) is 4.88. The molecule has 1 atom stereocenters. The highest BCUT2D eigenvalue weighted by Gasteiger charge is 2.08. The van der Waals surface area contributed by atoms with Crippen LogP contribution in [0.25, 0.3) is 0 Å². The van der Waals surface area contributed by atoms with E-state index in [9.17, 15) is 0 Å². The van der Waals surface area contributed by atoms with Gasteiger partial charge < -0.3 is 0 Å². The van der Waals surface area contributed by atoms with E-state index in [-0.39, 0.29) is 0 Å². The molecule has 0 saturated carbocycles. The zero-order chi connectivity index (χ0) is 7.40. The van der Waals surface area contributed by atoms with Crippen LogP contribution in [0.5, 0.6) is 0 Å². The second-order valence-corrected chi connectivity index (χ2v) is 2.41. The predicted octanol–water partition coefficient (Wildman–Crippen LogP) is 2.21. The molecule has 54 valence electrons. The maximum atomic E-state index is 4.00. The lowest BCUT2D eigenvalue weighted by molar-refractivity contribution is 0.957. The van der Waals surface area contributed by atoms with Crippen molar-refractivity contribution in [1.82, 2.24) is 0 Å². The molecule has 1 rings (SSSR count). The number of nitrogens with zero attached hydrogens (tertiary/aromatic N) is 1. The third-order valence-corrected chi connectivity index (χ3v) is 1.77. The Morgan fingerprint density at radius 1 is 1.70 bits per heavy atom. The van der Waals surface area contributed by atoms with Gasteiger partial charge in [0.05, 0.1) is 0 Å². The van der Waals surface area contributed by atoms with E-state index in [1.54, 1.807) is 0 Å². The average molecular weight is 135 g/mol. The van der Waals surface area contributed by atoms with Crippen LogP contribution in [-0.2, 0) is 0 Å². The van der Waals surface area contributed by atoms with Gasteiger partial charge in [0.15, 0.2) is 0 Å². The van der Waals surface area contributed by atoms with Crippen molar-refractivity contribution in [1.29, 1.82) is 0 Å². The molecule has 0 aromatic carbocycles. The lowest BCUT2D eigenvalue weighted by Gasteiger charge is -2.03. The summed E-state index contributed by atoms with van der Waals surface area (Å²) in [4.78, 5) is 4.00. The topological polar surface area (TPSA) is 12.4 Å². The van der Waals surface area contributed by atoms with E-state index in [4.69, 9.17) is 0 Å². The van der Waals surface area contributed by atoms with Crippen molar-refractivity contribution in [3.8, 4) is 0 Å². The second-order valence-electron chi connectivity index (χ2n) is 2.41. The zero-order valence-corrected chi connectivity index (χ0v) is 6.54. The van der Waals surface area contributed by atoms with Crippen LogP contribution in [0, 0.1) is 5.92 Å². The molecule has 1 heteroatoms. The molecular weight excluding hydrogens is 122 g/mol. The quantitative estimate of drug-likeness (QED) is 0.515. The minimum Gasteiger partial charge on any atom is -0.300 e. The third-order valence-electron chi connectivity index (χ3n) is 1.77. The smallest absolute Gasteiger partial charge is 0.0333 e. The zero-order valence-electron chi connectivity index (χ0n) is 6.54. The fourth-order valence-corrected chi connectivity index (χ4v) is 1.19. The van der Waals surface area contributed by atoms with E-state index in [1.807, 2.05) is 13.3 Å². The fourth-order valence-electron chi connectivity index (χ4n) is 1.19. The van der Waals surface area contributed by atoms with Gasteiger partial charge in [-0.05, 0) is 6.42 Å². The van der Waals surface area contributed by atoms with Crippen LogP contribution in [0.2, 0.25) is 0 Å². The molecule has 0 heterocycles. The van der Waals surface area contributed by atoms with E-state index in [0.717, 1.165) is 6.42 Å². The summed E-state index contributed by atoms with van der Waals surface area (Å²) < 4.78 is 0. The van der Waals surface area contributed by atoms with Crippen molar-refractivity contribution in [2.75, 3.05) is 7.05 Å². The molecule has 0 radical (unpaired) electrons. The van der Waals surface area contributed by atoms with Crippen LogP contribution in [0.4, 0.5) is 0 Å². The molecule has 0 saturated heterocycles. The third kappa shape index (κ3) is 1.35. The van der Waals surface area contributed by atoms with Crippen molar-refractivity contribution in [3.63, 3.8) is 0 Å². The molecule has 10 heavy (non-hydrogen) atoms. The molecule has 1 unspecified atom stereocenters. The molecule has 1 nitrogen and oxygen atoms in total.